The van der Waals surface area contributed by atoms with Crippen LogP contribution in [0.3, 0.4) is 0 Å². The maximum atomic E-state index is 13.6. The van der Waals surface area contributed by atoms with Crippen molar-refractivity contribution in [3.05, 3.63) is 46.2 Å². The van der Waals surface area contributed by atoms with E-state index in [9.17, 15) is 13.2 Å². The lowest BCUT2D eigenvalue weighted by Crippen LogP contribution is -2.11. The normalized spacial score (nSPS) is 14.0. The van der Waals surface area contributed by atoms with E-state index in [4.69, 9.17) is 11.6 Å². The SMILES string of the molecule is CCc1nc2ccc(C(F)(F)F)c(-c3cc(Cl)c4c(c3)CNN4)n2n1. The molecule has 5 nitrogen and oxygen atoms in total. The molecule has 0 amide bonds. The molecule has 3 heterocycles. The molecule has 3 aromatic rings. The Labute approximate surface area is 145 Å². The van der Waals surface area contributed by atoms with Crippen LogP contribution in [0, 0.1) is 0 Å². The van der Waals surface area contributed by atoms with Crippen LogP contribution in [0.15, 0.2) is 24.3 Å². The van der Waals surface area contributed by atoms with E-state index >= 15 is 0 Å². The lowest BCUT2D eigenvalue weighted by molar-refractivity contribution is -0.137. The Bertz CT molecular complexity index is 980. The Morgan fingerprint density at radius 3 is 2.80 bits per heavy atom. The zero-order chi connectivity index (χ0) is 17.8. The van der Waals surface area contributed by atoms with Gasteiger partial charge in [-0.15, -0.1) is 0 Å². The second-order valence-electron chi connectivity index (χ2n) is 5.72. The lowest BCUT2D eigenvalue weighted by Gasteiger charge is -2.15. The molecule has 25 heavy (non-hydrogen) atoms. The molecular weight excluding hydrogens is 355 g/mol. The molecule has 0 spiro atoms. The molecule has 1 aliphatic heterocycles. The number of nitrogens with zero attached hydrogens (tertiary/aromatic N) is 3. The van der Waals surface area contributed by atoms with Crippen molar-refractivity contribution >= 4 is 22.9 Å². The molecule has 0 saturated carbocycles. The van der Waals surface area contributed by atoms with Crippen LogP contribution in [0.25, 0.3) is 16.9 Å². The van der Waals surface area contributed by atoms with Gasteiger partial charge in [-0.25, -0.2) is 14.9 Å². The number of benzene rings is 1. The number of hydrogen-bond acceptors (Lipinski definition) is 4. The number of aromatic nitrogens is 3. The van der Waals surface area contributed by atoms with Gasteiger partial charge in [0, 0.05) is 18.5 Å². The van der Waals surface area contributed by atoms with Crippen molar-refractivity contribution < 1.29 is 13.2 Å². The third kappa shape index (κ3) is 2.61. The van der Waals surface area contributed by atoms with E-state index in [2.05, 4.69) is 20.9 Å². The van der Waals surface area contributed by atoms with Crippen LogP contribution in [-0.2, 0) is 19.1 Å². The molecule has 4 rings (SSSR count). The fourth-order valence-corrected chi connectivity index (χ4v) is 3.24. The van der Waals surface area contributed by atoms with Crippen molar-refractivity contribution in [1.29, 1.82) is 0 Å². The van der Waals surface area contributed by atoms with Crippen LogP contribution in [0.2, 0.25) is 5.02 Å². The van der Waals surface area contributed by atoms with Gasteiger partial charge >= 0.3 is 6.18 Å². The van der Waals surface area contributed by atoms with Crippen molar-refractivity contribution in [3.63, 3.8) is 0 Å². The van der Waals surface area contributed by atoms with E-state index in [1.807, 2.05) is 6.92 Å². The molecule has 0 fully saturated rings. The Morgan fingerprint density at radius 1 is 1.28 bits per heavy atom. The molecule has 0 saturated heterocycles. The second-order valence-corrected chi connectivity index (χ2v) is 6.12. The Balaban J connectivity index is 2.05. The number of anilines is 1. The highest BCUT2D eigenvalue weighted by Crippen LogP contribution is 2.40. The minimum Gasteiger partial charge on any atom is -0.319 e. The molecule has 2 aromatic heterocycles. The third-order valence-corrected chi connectivity index (χ3v) is 4.40. The van der Waals surface area contributed by atoms with Gasteiger partial charge in [0.15, 0.2) is 11.5 Å². The topological polar surface area (TPSA) is 54.2 Å². The first-order valence-electron chi connectivity index (χ1n) is 7.66. The van der Waals surface area contributed by atoms with Crippen LogP contribution in [0.1, 0.15) is 23.9 Å². The van der Waals surface area contributed by atoms with Crippen molar-refractivity contribution in [2.24, 2.45) is 0 Å². The first-order valence-corrected chi connectivity index (χ1v) is 8.04. The van der Waals surface area contributed by atoms with Gasteiger partial charge in [-0.1, -0.05) is 18.5 Å². The molecule has 0 bridgehead atoms. The van der Waals surface area contributed by atoms with Gasteiger partial charge in [-0.3, -0.25) is 0 Å². The van der Waals surface area contributed by atoms with Crippen molar-refractivity contribution in [2.75, 3.05) is 5.43 Å². The number of nitrogens with one attached hydrogen (secondary N) is 2. The van der Waals surface area contributed by atoms with Crippen LogP contribution >= 0.6 is 11.6 Å². The monoisotopic (exact) mass is 367 g/mol. The number of aryl methyl sites for hydroxylation is 1. The Hall–Kier alpha value is -2.32. The Kier molecular flexibility index (Phi) is 3.62. The zero-order valence-corrected chi connectivity index (χ0v) is 13.8. The van der Waals surface area contributed by atoms with Gasteiger partial charge in [-0.2, -0.15) is 18.3 Å². The highest BCUT2D eigenvalue weighted by molar-refractivity contribution is 6.33. The molecule has 2 N–H and O–H groups in total. The molecule has 0 aliphatic carbocycles. The average molecular weight is 368 g/mol. The fraction of sp³-hybridized carbons (Fsp3) is 0.250. The average Bonchev–Trinajstić information content (AvgIpc) is 3.18. The van der Waals surface area contributed by atoms with Crippen molar-refractivity contribution in [1.82, 2.24) is 20.0 Å². The molecule has 0 radical (unpaired) electrons. The highest BCUT2D eigenvalue weighted by Gasteiger charge is 2.36. The highest BCUT2D eigenvalue weighted by atomic mass is 35.5. The van der Waals surface area contributed by atoms with Gasteiger partial charge in [0.05, 0.1) is 22.0 Å². The van der Waals surface area contributed by atoms with Gasteiger partial charge in [0.25, 0.3) is 0 Å². The predicted octanol–water partition coefficient (Wildman–Crippen LogP) is 4.06. The number of hydrazine groups is 1. The van der Waals surface area contributed by atoms with E-state index in [-0.39, 0.29) is 5.69 Å². The molecule has 130 valence electrons. The summed E-state index contributed by atoms with van der Waals surface area (Å²) in [5.41, 5.74) is 7.17. The summed E-state index contributed by atoms with van der Waals surface area (Å²) in [5, 5.41) is 4.58. The largest absolute Gasteiger partial charge is 0.418 e. The number of alkyl halides is 3. The molecule has 1 aliphatic rings. The summed E-state index contributed by atoms with van der Waals surface area (Å²) in [7, 11) is 0. The summed E-state index contributed by atoms with van der Waals surface area (Å²) in [4.78, 5) is 4.26. The minimum absolute atomic E-state index is 0.0613. The molecule has 0 atom stereocenters. The van der Waals surface area contributed by atoms with E-state index in [1.54, 1.807) is 6.07 Å². The zero-order valence-electron chi connectivity index (χ0n) is 13.1. The summed E-state index contributed by atoms with van der Waals surface area (Å²) in [6, 6.07) is 5.57. The quantitative estimate of drug-likeness (QED) is 0.717. The maximum absolute atomic E-state index is 13.6. The second kappa shape index (κ2) is 5.60. The molecule has 9 heteroatoms. The van der Waals surface area contributed by atoms with Gasteiger partial charge < -0.3 is 5.43 Å². The van der Waals surface area contributed by atoms with Crippen LogP contribution in [-0.4, -0.2) is 14.6 Å². The first kappa shape index (κ1) is 16.2. The summed E-state index contributed by atoms with van der Waals surface area (Å²) in [6.45, 7) is 2.32. The summed E-state index contributed by atoms with van der Waals surface area (Å²) in [5.74, 6) is 0.483. The predicted molar refractivity (Wildman–Crippen MR) is 88.3 cm³/mol. The fourth-order valence-electron chi connectivity index (χ4n) is 2.96. The smallest absolute Gasteiger partial charge is 0.319 e. The number of hydrogen-bond donors (Lipinski definition) is 2. The summed E-state index contributed by atoms with van der Waals surface area (Å²) in [6.07, 6.45) is -3.99. The van der Waals surface area contributed by atoms with E-state index < -0.39 is 11.7 Å². The summed E-state index contributed by atoms with van der Waals surface area (Å²) < 4.78 is 42.1. The summed E-state index contributed by atoms with van der Waals surface area (Å²) >= 11 is 6.25. The van der Waals surface area contributed by atoms with E-state index in [1.165, 1.54) is 16.6 Å². The van der Waals surface area contributed by atoms with Crippen LogP contribution in [0.5, 0.6) is 0 Å². The van der Waals surface area contributed by atoms with E-state index in [0.717, 1.165) is 11.6 Å². The van der Waals surface area contributed by atoms with Crippen molar-refractivity contribution in [2.45, 2.75) is 26.1 Å². The number of fused-ring (bicyclic) bond motifs is 2. The lowest BCUT2D eigenvalue weighted by atomic mass is 10.0. The van der Waals surface area contributed by atoms with Crippen molar-refractivity contribution in [3.8, 4) is 11.3 Å². The molecule has 1 aromatic carbocycles. The number of pyridine rings is 1. The number of halogens is 4. The van der Waals surface area contributed by atoms with Crippen LogP contribution in [0.4, 0.5) is 18.9 Å². The maximum Gasteiger partial charge on any atom is 0.418 e. The van der Waals surface area contributed by atoms with Crippen LogP contribution < -0.4 is 10.9 Å². The minimum atomic E-state index is -4.52. The Morgan fingerprint density at radius 2 is 2.08 bits per heavy atom. The first-order chi connectivity index (χ1) is 11.9. The van der Waals surface area contributed by atoms with Gasteiger partial charge in [0.1, 0.15) is 0 Å². The van der Waals surface area contributed by atoms with Gasteiger partial charge in [-0.05, 0) is 29.8 Å². The van der Waals surface area contributed by atoms with E-state index in [0.29, 0.717) is 40.7 Å². The third-order valence-electron chi connectivity index (χ3n) is 4.10. The molecule has 0 unspecified atom stereocenters. The number of rotatable bonds is 2. The van der Waals surface area contributed by atoms with Gasteiger partial charge in [0.2, 0.25) is 0 Å². The standard InChI is InChI=1S/C16H13ClF3N5/c1-2-12-22-13-4-3-10(16(18,19)20)15(25(13)24-12)8-5-9-7-21-23-14(9)11(17)6-8/h3-6,21,23H,2,7H2,1H3. The molecular formula is C16H13ClF3N5.